The average Bonchev–Trinajstić information content (AvgIpc) is 3.52. The molecule has 4 atom stereocenters. The van der Waals surface area contributed by atoms with Crippen molar-refractivity contribution < 1.29 is 24.2 Å². The van der Waals surface area contributed by atoms with Crippen LogP contribution in [-0.4, -0.2) is 40.3 Å². The number of carbonyl (C=O) groups is 2. The fourth-order valence-electron chi connectivity index (χ4n) is 4.02. The lowest BCUT2D eigenvalue weighted by atomic mass is 9.97. The molecule has 4 rings (SSSR count). The molecule has 33 heavy (non-hydrogen) atoms. The second kappa shape index (κ2) is 10.4. The summed E-state index contributed by atoms with van der Waals surface area (Å²) in [6.07, 6.45) is 0.802. The quantitative estimate of drug-likeness (QED) is 0.340. The second-order valence-corrected chi connectivity index (χ2v) is 8.21. The van der Waals surface area contributed by atoms with Crippen molar-refractivity contribution in [1.29, 1.82) is 0 Å². The Hall–Kier alpha value is -3.46. The maximum absolute atomic E-state index is 12.9. The van der Waals surface area contributed by atoms with Gasteiger partial charge in [0.1, 0.15) is 11.8 Å². The van der Waals surface area contributed by atoms with Crippen molar-refractivity contribution in [2.45, 2.75) is 43.5 Å². The standard InChI is InChI=1S/C25H27N3O5/c29-22(25(31)32)14-19(13-16-8-10-18(11-9-16)17-5-2-1-3-6-17)26-24(30)21-15-20(27-28-21)23-7-4-12-33-23/h1-12,19-22,27-29H,13-15H2,(H,26,30)(H,31,32)/t19?,20?,21?,22-/m1/s1. The van der Waals surface area contributed by atoms with Gasteiger partial charge in [-0.2, -0.15) is 0 Å². The van der Waals surface area contributed by atoms with Gasteiger partial charge in [0.2, 0.25) is 5.91 Å². The molecule has 2 heterocycles. The summed E-state index contributed by atoms with van der Waals surface area (Å²) in [5, 5.41) is 22.0. The van der Waals surface area contributed by atoms with Gasteiger partial charge in [0, 0.05) is 12.5 Å². The number of carboxylic acids is 1. The smallest absolute Gasteiger partial charge is 0.332 e. The third-order valence-electron chi connectivity index (χ3n) is 5.79. The predicted molar refractivity (Wildman–Crippen MR) is 122 cm³/mol. The summed E-state index contributed by atoms with van der Waals surface area (Å²) in [7, 11) is 0. The number of benzene rings is 2. The first kappa shape index (κ1) is 22.7. The van der Waals surface area contributed by atoms with E-state index in [0.717, 1.165) is 22.5 Å². The van der Waals surface area contributed by atoms with E-state index in [-0.39, 0.29) is 18.4 Å². The normalized spacial score (nSPS) is 19.7. The third-order valence-corrected chi connectivity index (χ3v) is 5.79. The number of carbonyl (C=O) groups excluding carboxylic acids is 1. The van der Waals surface area contributed by atoms with Gasteiger partial charge in [0.15, 0.2) is 6.10 Å². The summed E-state index contributed by atoms with van der Waals surface area (Å²) < 4.78 is 5.39. The van der Waals surface area contributed by atoms with Gasteiger partial charge in [0.05, 0.1) is 12.3 Å². The highest BCUT2D eigenvalue weighted by Crippen LogP contribution is 2.23. The zero-order chi connectivity index (χ0) is 23.2. The Morgan fingerprint density at radius 3 is 2.39 bits per heavy atom. The van der Waals surface area contributed by atoms with Gasteiger partial charge in [0.25, 0.3) is 0 Å². The van der Waals surface area contributed by atoms with E-state index in [1.54, 1.807) is 12.3 Å². The zero-order valence-electron chi connectivity index (χ0n) is 18.0. The Morgan fingerprint density at radius 2 is 1.73 bits per heavy atom. The molecule has 0 radical (unpaired) electrons. The number of aliphatic hydroxyl groups is 1. The Kier molecular flexibility index (Phi) is 7.19. The molecule has 8 nitrogen and oxygen atoms in total. The van der Waals surface area contributed by atoms with Crippen LogP contribution in [0, 0.1) is 0 Å². The Bertz CT molecular complexity index is 1050. The third kappa shape index (κ3) is 5.87. The second-order valence-electron chi connectivity index (χ2n) is 8.21. The molecule has 2 aromatic carbocycles. The van der Waals surface area contributed by atoms with Crippen molar-refractivity contribution in [2.24, 2.45) is 0 Å². The Morgan fingerprint density at radius 1 is 1.00 bits per heavy atom. The first-order valence-electron chi connectivity index (χ1n) is 10.9. The molecule has 1 fully saturated rings. The van der Waals surface area contributed by atoms with Crippen molar-refractivity contribution in [2.75, 3.05) is 0 Å². The van der Waals surface area contributed by atoms with Crippen LogP contribution < -0.4 is 16.2 Å². The van der Waals surface area contributed by atoms with Gasteiger partial charge in [-0.05, 0) is 41.7 Å². The van der Waals surface area contributed by atoms with Crippen LogP contribution in [0.5, 0.6) is 0 Å². The molecule has 0 bridgehead atoms. The van der Waals surface area contributed by atoms with Crippen LogP contribution in [0.2, 0.25) is 0 Å². The molecule has 172 valence electrons. The zero-order valence-corrected chi connectivity index (χ0v) is 18.0. The minimum atomic E-state index is -1.57. The molecular formula is C25H27N3O5. The van der Waals surface area contributed by atoms with Crippen LogP contribution in [0.1, 0.15) is 30.2 Å². The molecule has 1 saturated heterocycles. The maximum Gasteiger partial charge on any atom is 0.332 e. The van der Waals surface area contributed by atoms with Gasteiger partial charge >= 0.3 is 5.97 Å². The number of hydrazine groups is 1. The molecule has 1 amide bonds. The minimum Gasteiger partial charge on any atom is -0.479 e. The van der Waals surface area contributed by atoms with Crippen LogP contribution in [-0.2, 0) is 16.0 Å². The van der Waals surface area contributed by atoms with Crippen LogP contribution >= 0.6 is 0 Å². The number of hydrogen-bond acceptors (Lipinski definition) is 6. The fraction of sp³-hybridized carbons (Fsp3) is 0.280. The molecule has 0 aliphatic carbocycles. The van der Waals surface area contributed by atoms with Gasteiger partial charge in [-0.3, -0.25) is 4.79 Å². The minimum absolute atomic E-state index is 0.0940. The van der Waals surface area contributed by atoms with E-state index in [1.807, 2.05) is 60.7 Å². The number of rotatable bonds is 9. The maximum atomic E-state index is 12.9. The molecule has 0 spiro atoms. The van der Waals surface area contributed by atoms with Crippen LogP contribution in [0.15, 0.2) is 77.4 Å². The van der Waals surface area contributed by atoms with Crippen LogP contribution in [0.4, 0.5) is 0 Å². The summed E-state index contributed by atoms with van der Waals surface area (Å²) >= 11 is 0. The lowest BCUT2D eigenvalue weighted by Crippen LogP contribution is -2.48. The Balaban J connectivity index is 1.41. The van der Waals surface area contributed by atoms with E-state index in [2.05, 4.69) is 16.2 Å². The lowest BCUT2D eigenvalue weighted by Gasteiger charge is -2.22. The topological polar surface area (TPSA) is 124 Å². The van der Waals surface area contributed by atoms with Crippen molar-refractivity contribution in [1.82, 2.24) is 16.2 Å². The average molecular weight is 450 g/mol. The first-order valence-corrected chi connectivity index (χ1v) is 10.9. The van der Waals surface area contributed by atoms with Gasteiger partial charge in [-0.25, -0.2) is 15.6 Å². The number of nitrogens with one attached hydrogen (secondary N) is 3. The van der Waals surface area contributed by atoms with Gasteiger partial charge in [-0.1, -0.05) is 54.6 Å². The lowest BCUT2D eigenvalue weighted by molar-refractivity contribution is -0.147. The summed E-state index contributed by atoms with van der Waals surface area (Å²) in [5.41, 5.74) is 9.11. The molecule has 0 saturated carbocycles. The number of amides is 1. The van der Waals surface area contributed by atoms with Crippen molar-refractivity contribution >= 4 is 11.9 Å². The van der Waals surface area contributed by atoms with Crippen molar-refractivity contribution in [3.8, 4) is 11.1 Å². The van der Waals surface area contributed by atoms with Gasteiger partial charge in [-0.15, -0.1) is 0 Å². The summed E-state index contributed by atoms with van der Waals surface area (Å²) in [6.45, 7) is 0. The summed E-state index contributed by atoms with van der Waals surface area (Å²) in [6, 6.07) is 20.3. The predicted octanol–water partition coefficient (Wildman–Crippen LogP) is 2.42. The number of aliphatic carboxylic acids is 1. The number of aliphatic hydroxyl groups excluding tert-OH is 1. The highest BCUT2D eigenvalue weighted by molar-refractivity contribution is 5.82. The van der Waals surface area contributed by atoms with Crippen LogP contribution in [0.25, 0.3) is 11.1 Å². The molecule has 1 aliphatic rings. The van der Waals surface area contributed by atoms with E-state index >= 15 is 0 Å². The fourth-order valence-corrected chi connectivity index (χ4v) is 4.02. The highest BCUT2D eigenvalue weighted by Gasteiger charge is 2.33. The van der Waals surface area contributed by atoms with E-state index < -0.39 is 24.2 Å². The van der Waals surface area contributed by atoms with Crippen LogP contribution in [0.3, 0.4) is 0 Å². The van der Waals surface area contributed by atoms with E-state index in [4.69, 9.17) is 9.52 Å². The number of carboxylic acid groups (broad SMARTS) is 1. The number of furan rings is 1. The van der Waals surface area contributed by atoms with E-state index in [1.165, 1.54) is 0 Å². The molecule has 3 unspecified atom stereocenters. The molecule has 3 aromatic rings. The van der Waals surface area contributed by atoms with Crippen molar-refractivity contribution in [3.05, 3.63) is 84.3 Å². The molecule has 1 aliphatic heterocycles. The van der Waals surface area contributed by atoms with E-state index in [0.29, 0.717) is 12.8 Å². The SMILES string of the molecule is O=C(NC(Cc1ccc(-c2ccccc2)cc1)C[C@@H](O)C(=O)O)C1CC(c2ccco2)NN1. The summed E-state index contributed by atoms with van der Waals surface area (Å²) in [4.78, 5) is 24.1. The van der Waals surface area contributed by atoms with E-state index in [9.17, 15) is 14.7 Å². The van der Waals surface area contributed by atoms with Crippen molar-refractivity contribution in [3.63, 3.8) is 0 Å². The molecular weight excluding hydrogens is 422 g/mol. The van der Waals surface area contributed by atoms with Gasteiger partial charge < -0.3 is 19.9 Å². The highest BCUT2D eigenvalue weighted by atomic mass is 16.4. The Labute approximate surface area is 191 Å². The monoisotopic (exact) mass is 449 g/mol. The largest absolute Gasteiger partial charge is 0.479 e. The first-order chi connectivity index (χ1) is 16.0. The molecule has 5 N–H and O–H groups in total. The number of hydrogen-bond donors (Lipinski definition) is 5. The molecule has 1 aromatic heterocycles. The summed E-state index contributed by atoms with van der Waals surface area (Å²) in [5.74, 6) is -0.846. The molecule has 8 heteroatoms.